The second kappa shape index (κ2) is 4.23. The smallest absolute Gasteiger partial charge is 0.183 e. The van der Waals surface area contributed by atoms with Gasteiger partial charge in [0.1, 0.15) is 6.10 Å². The summed E-state index contributed by atoms with van der Waals surface area (Å²) in [7, 11) is 0. The van der Waals surface area contributed by atoms with Crippen LogP contribution in [0.4, 0.5) is 0 Å². The first kappa shape index (κ1) is 8.33. The summed E-state index contributed by atoms with van der Waals surface area (Å²) in [5, 5.41) is 17.0. The lowest BCUT2D eigenvalue weighted by molar-refractivity contribution is -0.122. The van der Waals surface area contributed by atoms with E-state index in [2.05, 4.69) is 6.58 Å². The van der Waals surface area contributed by atoms with Gasteiger partial charge in [-0.1, -0.05) is 6.58 Å². The Kier molecular flexibility index (Phi) is 3.92. The van der Waals surface area contributed by atoms with Gasteiger partial charge in [-0.05, 0) is 6.08 Å². The molecule has 1 atom stereocenters. The first-order valence-corrected chi connectivity index (χ1v) is 2.67. The molecule has 0 fully saturated rings. The van der Waals surface area contributed by atoms with Crippen LogP contribution in [0.3, 0.4) is 0 Å². The molecule has 0 radical (unpaired) electrons. The largest absolute Gasteiger partial charge is 0.396 e. The Bertz CT molecular complexity index is 109. The molecule has 3 heteroatoms. The normalized spacial score (nSPS) is 12.7. The molecule has 0 heterocycles. The Morgan fingerprint density at radius 2 is 2.33 bits per heavy atom. The number of hydrogen-bond donors (Lipinski definition) is 2. The van der Waals surface area contributed by atoms with Gasteiger partial charge in [0, 0.05) is 13.0 Å². The number of rotatable bonds is 4. The third-order valence-corrected chi connectivity index (χ3v) is 0.932. The van der Waals surface area contributed by atoms with Gasteiger partial charge in [0.25, 0.3) is 0 Å². The third kappa shape index (κ3) is 3.00. The molecular weight excluding hydrogens is 120 g/mol. The Balaban J connectivity index is 3.58. The van der Waals surface area contributed by atoms with E-state index in [9.17, 15) is 4.79 Å². The number of hydrogen-bond acceptors (Lipinski definition) is 3. The minimum atomic E-state index is -1.08. The van der Waals surface area contributed by atoms with Gasteiger partial charge in [-0.25, -0.2) is 0 Å². The van der Waals surface area contributed by atoms with Crippen molar-refractivity contribution < 1.29 is 15.0 Å². The number of ketones is 1. The zero-order valence-corrected chi connectivity index (χ0v) is 5.08. The van der Waals surface area contributed by atoms with Crippen molar-refractivity contribution in [3.05, 3.63) is 12.7 Å². The second-order valence-electron chi connectivity index (χ2n) is 1.63. The molecule has 0 aliphatic heterocycles. The van der Waals surface area contributed by atoms with Crippen molar-refractivity contribution in [3.8, 4) is 0 Å². The molecule has 9 heavy (non-hydrogen) atoms. The fraction of sp³-hybridized carbons (Fsp3) is 0.500. The van der Waals surface area contributed by atoms with Crippen molar-refractivity contribution in [3.63, 3.8) is 0 Å². The van der Waals surface area contributed by atoms with Gasteiger partial charge in [-0.3, -0.25) is 4.79 Å². The second-order valence-corrected chi connectivity index (χ2v) is 1.63. The predicted octanol–water partition coefficient (Wildman–Crippen LogP) is -0.515. The predicted molar refractivity (Wildman–Crippen MR) is 32.9 cm³/mol. The zero-order chi connectivity index (χ0) is 7.28. The molecule has 0 aliphatic rings. The quantitative estimate of drug-likeness (QED) is 0.504. The maximum absolute atomic E-state index is 10.4. The fourth-order valence-electron chi connectivity index (χ4n) is 0.401. The summed E-state index contributed by atoms with van der Waals surface area (Å²) in [6.45, 7) is 2.99. The number of carbonyl (C=O) groups is 1. The van der Waals surface area contributed by atoms with Crippen LogP contribution in [-0.2, 0) is 4.79 Å². The summed E-state index contributed by atoms with van der Waals surface area (Å²) in [5.41, 5.74) is 0. The van der Waals surface area contributed by atoms with E-state index in [0.717, 1.165) is 6.08 Å². The molecule has 0 spiro atoms. The van der Waals surface area contributed by atoms with Gasteiger partial charge in [-0.15, -0.1) is 0 Å². The molecule has 1 unspecified atom stereocenters. The maximum atomic E-state index is 10.4. The number of aliphatic hydroxyl groups excluding tert-OH is 2. The van der Waals surface area contributed by atoms with Crippen molar-refractivity contribution in [1.82, 2.24) is 0 Å². The molecule has 3 nitrogen and oxygen atoms in total. The first-order chi connectivity index (χ1) is 4.22. The van der Waals surface area contributed by atoms with E-state index in [1.807, 2.05) is 0 Å². The molecule has 0 aromatic heterocycles. The SMILES string of the molecule is C=CC(=O)C(O)CCO. The lowest BCUT2D eigenvalue weighted by Gasteiger charge is -2.01. The van der Waals surface area contributed by atoms with Gasteiger partial charge in [0.2, 0.25) is 0 Å². The van der Waals surface area contributed by atoms with E-state index in [1.165, 1.54) is 0 Å². The van der Waals surface area contributed by atoms with Gasteiger partial charge in [-0.2, -0.15) is 0 Å². The molecule has 0 aromatic carbocycles. The zero-order valence-electron chi connectivity index (χ0n) is 5.08. The van der Waals surface area contributed by atoms with E-state index < -0.39 is 11.9 Å². The van der Waals surface area contributed by atoms with Crippen LogP contribution in [0.5, 0.6) is 0 Å². The topological polar surface area (TPSA) is 57.5 Å². The van der Waals surface area contributed by atoms with E-state index in [0.29, 0.717) is 0 Å². The third-order valence-electron chi connectivity index (χ3n) is 0.932. The van der Waals surface area contributed by atoms with Gasteiger partial charge < -0.3 is 10.2 Å². The maximum Gasteiger partial charge on any atom is 0.183 e. The lowest BCUT2D eigenvalue weighted by atomic mass is 10.2. The van der Waals surface area contributed by atoms with Crippen LogP contribution in [0.15, 0.2) is 12.7 Å². The highest BCUT2D eigenvalue weighted by atomic mass is 16.3. The molecule has 52 valence electrons. The summed E-state index contributed by atoms with van der Waals surface area (Å²) >= 11 is 0. The molecule has 0 amide bonds. The highest BCUT2D eigenvalue weighted by Crippen LogP contribution is 1.91. The highest BCUT2D eigenvalue weighted by molar-refractivity contribution is 5.92. The van der Waals surface area contributed by atoms with Gasteiger partial charge in [0.15, 0.2) is 5.78 Å². The molecule has 0 bridgehead atoms. The van der Waals surface area contributed by atoms with Crippen LogP contribution in [0, 0.1) is 0 Å². The Hall–Kier alpha value is -0.670. The van der Waals surface area contributed by atoms with Crippen molar-refractivity contribution in [2.75, 3.05) is 6.61 Å². The average Bonchev–Trinajstić information content (AvgIpc) is 1.87. The van der Waals surface area contributed by atoms with Crippen LogP contribution in [0.2, 0.25) is 0 Å². The van der Waals surface area contributed by atoms with Crippen LogP contribution < -0.4 is 0 Å². The Morgan fingerprint density at radius 3 is 2.67 bits per heavy atom. The molecule has 0 saturated carbocycles. The number of aliphatic hydroxyl groups is 2. The summed E-state index contributed by atoms with van der Waals surface area (Å²) in [6, 6.07) is 0. The fourth-order valence-corrected chi connectivity index (χ4v) is 0.401. The van der Waals surface area contributed by atoms with E-state index >= 15 is 0 Å². The number of carbonyl (C=O) groups excluding carboxylic acids is 1. The monoisotopic (exact) mass is 130 g/mol. The minimum Gasteiger partial charge on any atom is -0.396 e. The van der Waals surface area contributed by atoms with Crippen LogP contribution in [-0.4, -0.2) is 28.7 Å². The average molecular weight is 130 g/mol. The minimum absolute atomic E-state index is 0.0881. The molecule has 0 rings (SSSR count). The summed E-state index contributed by atoms with van der Waals surface area (Å²) in [4.78, 5) is 10.4. The summed E-state index contributed by atoms with van der Waals surface area (Å²) < 4.78 is 0. The van der Waals surface area contributed by atoms with Crippen molar-refractivity contribution in [1.29, 1.82) is 0 Å². The summed E-state index contributed by atoms with van der Waals surface area (Å²) in [6.07, 6.45) is 0.0538. The van der Waals surface area contributed by atoms with Gasteiger partial charge >= 0.3 is 0 Å². The molecule has 0 aromatic rings. The highest BCUT2D eigenvalue weighted by Gasteiger charge is 2.08. The first-order valence-electron chi connectivity index (χ1n) is 2.67. The molecule has 0 aliphatic carbocycles. The molecule has 0 saturated heterocycles. The Labute approximate surface area is 53.6 Å². The summed E-state index contributed by atoms with van der Waals surface area (Å²) in [5.74, 6) is -0.441. The lowest BCUT2D eigenvalue weighted by Crippen LogP contribution is -2.18. The molecular formula is C6H10O3. The molecule has 2 N–H and O–H groups in total. The van der Waals surface area contributed by atoms with Crippen molar-refractivity contribution in [2.45, 2.75) is 12.5 Å². The standard InChI is InChI=1S/C6H10O3/c1-2-5(8)6(9)3-4-7/h2,6-7,9H,1,3-4H2. The van der Waals surface area contributed by atoms with Gasteiger partial charge in [0.05, 0.1) is 0 Å². The van der Waals surface area contributed by atoms with Crippen molar-refractivity contribution >= 4 is 5.78 Å². The van der Waals surface area contributed by atoms with E-state index in [1.54, 1.807) is 0 Å². The Morgan fingerprint density at radius 1 is 1.78 bits per heavy atom. The van der Waals surface area contributed by atoms with Crippen LogP contribution >= 0.6 is 0 Å². The van der Waals surface area contributed by atoms with E-state index in [4.69, 9.17) is 10.2 Å². The van der Waals surface area contributed by atoms with E-state index in [-0.39, 0.29) is 13.0 Å². The van der Waals surface area contributed by atoms with Crippen LogP contribution in [0.25, 0.3) is 0 Å². The van der Waals surface area contributed by atoms with Crippen LogP contribution in [0.1, 0.15) is 6.42 Å². The van der Waals surface area contributed by atoms with Crippen molar-refractivity contribution in [2.24, 2.45) is 0 Å².